The number of nitrogen functional groups attached to an aromatic ring is 1. The highest BCUT2D eigenvalue weighted by molar-refractivity contribution is 6.07. The third-order valence-corrected chi connectivity index (χ3v) is 4.60. The smallest absolute Gasteiger partial charge is 0.382 e. The Balaban J connectivity index is 1.60. The summed E-state index contributed by atoms with van der Waals surface area (Å²) in [5.74, 6) is 3.33. The van der Waals surface area contributed by atoms with Crippen molar-refractivity contribution in [1.29, 1.82) is 0 Å². The third-order valence-electron chi connectivity index (χ3n) is 4.60. The molecule has 0 bridgehead atoms. The topological polar surface area (TPSA) is 113 Å². The zero-order valence-corrected chi connectivity index (χ0v) is 16.9. The molecule has 0 spiro atoms. The maximum absolute atomic E-state index is 13.1. The number of aromatic nitrogens is 3. The van der Waals surface area contributed by atoms with Crippen molar-refractivity contribution in [2.24, 2.45) is 4.99 Å². The monoisotopic (exact) mass is 457 g/mol. The average Bonchev–Trinajstić information content (AvgIpc) is 3.16. The molecule has 0 amide bonds. The molecule has 1 unspecified atom stereocenters. The zero-order valence-electron chi connectivity index (χ0n) is 16.9. The molecule has 9 nitrogen and oxygen atoms in total. The van der Waals surface area contributed by atoms with Gasteiger partial charge in [0.1, 0.15) is 13.2 Å². The minimum absolute atomic E-state index is 0.00217. The lowest BCUT2D eigenvalue weighted by molar-refractivity contribution is -0.222. The van der Waals surface area contributed by atoms with Gasteiger partial charge in [-0.2, -0.15) is 18.2 Å². The van der Waals surface area contributed by atoms with Gasteiger partial charge in [0.2, 0.25) is 17.9 Å². The molecule has 3 aromatic rings. The summed E-state index contributed by atoms with van der Waals surface area (Å²) in [5, 5.41) is 0.440. The summed E-state index contributed by atoms with van der Waals surface area (Å²) in [6.07, 6.45) is -1.06. The number of ether oxygens (including phenoxy) is 1. The van der Waals surface area contributed by atoms with E-state index in [1.54, 1.807) is 30.3 Å². The van der Waals surface area contributed by atoms with E-state index in [9.17, 15) is 18.0 Å². The van der Waals surface area contributed by atoms with Crippen molar-refractivity contribution >= 4 is 40.4 Å². The van der Waals surface area contributed by atoms with Crippen LogP contribution in [0.25, 0.3) is 10.9 Å². The Morgan fingerprint density at radius 3 is 2.67 bits per heavy atom. The summed E-state index contributed by atoms with van der Waals surface area (Å²) in [5.41, 5.74) is 6.68. The summed E-state index contributed by atoms with van der Waals surface area (Å²) in [6.45, 7) is -0.374. The van der Waals surface area contributed by atoms with E-state index < -0.39 is 16.8 Å². The van der Waals surface area contributed by atoms with E-state index >= 15 is 0 Å². The summed E-state index contributed by atoms with van der Waals surface area (Å²) in [6, 6.07) is 8.30. The second-order valence-electron chi connectivity index (χ2n) is 6.78. The second-order valence-corrected chi connectivity index (χ2v) is 6.78. The lowest BCUT2D eigenvalue weighted by atomic mass is 10.1. The van der Waals surface area contributed by atoms with Crippen LogP contribution in [0.15, 0.2) is 47.7 Å². The first-order valence-electron chi connectivity index (χ1n) is 9.56. The van der Waals surface area contributed by atoms with Crippen LogP contribution in [0.4, 0.5) is 30.4 Å². The molecule has 1 aliphatic heterocycles. The van der Waals surface area contributed by atoms with Gasteiger partial charge in [0.05, 0.1) is 10.9 Å². The van der Waals surface area contributed by atoms with Gasteiger partial charge in [0.15, 0.2) is 18.1 Å². The van der Waals surface area contributed by atoms with Crippen LogP contribution in [-0.4, -0.2) is 53.2 Å². The number of hydrogen-bond donors (Lipinski definition) is 1. The standard InChI is InChI=1S/C21H16F3N6O3/c22-21(23,24)20(31)33-30(10-12-32-11-3-7-16-26-8-4-9-27-16)13-28-17-18(30)14-5-1-2-6-15(14)29-19(17)25/h1-2,4-6,8-9,13H,10-12H2,(H2,25,29)/q+1. The second kappa shape index (κ2) is 8.81. The maximum Gasteiger partial charge on any atom is 0.497 e. The number of aliphatic imine (C=N–C) groups is 1. The van der Waals surface area contributed by atoms with Crippen molar-refractivity contribution in [2.75, 3.05) is 25.5 Å². The number of hydrogen-bond acceptors (Lipinski definition) is 8. The van der Waals surface area contributed by atoms with Crippen LogP contribution in [0.3, 0.4) is 0 Å². The predicted molar refractivity (Wildman–Crippen MR) is 113 cm³/mol. The minimum atomic E-state index is -5.21. The fraction of sp³-hybridized carbons (Fsp3) is 0.190. The van der Waals surface area contributed by atoms with E-state index in [2.05, 4.69) is 31.8 Å². The molecule has 2 aromatic heterocycles. The van der Waals surface area contributed by atoms with Gasteiger partial charge < -0.3 is 10.5 Å². The van der Waals surface area contributed by atoms with Crippen molar-refractivity contribution in [3.8, 4) is 11.8 Å². The SMILES string of the molecule is Nc1nc2ccccc2c2c1N=C[N+]2(CCOCC#Cc1ncccn1)OC(=O)C(F)(F)F. The number of benzene rings is 1. The molecule has 168 valence electrons. The summed E-state index contributed by atoms with van der Waals surface area (Å²) < 4.78 is 43.6. The zero-order chi connectivity index (χ0) is 23.5. The number of alkyl halides is 3. The molecule has 0 saturated carbocycles. The molecule has 1 aromatic carbocycles. The first-order valence-corrected chi connectivity index (χ1v) is 9.56. The van der Waals surface area contributed by atoms with E-state index in [-0.39, 0.29) is 37.0 Å². The van der Waals surface area contributed by atoms with Gasteiger partial charge in [0, 0.05) is 12.4 Å². The molecule has 3 heterocycles. The molecule has 0 fully saturated rings. The molecule has 4 rings (SSSR count). The van der Waals surface area contributed by atoms with Gasteiger partial charge in [-0.25, -0.2) is 19.7 Å². The lowest BCUT2D eigenvalue weighted by Crippen LogP contribution is -2.52. The molecule has 2 N–H and O–H groups in total. The van der Waals surface area contributed by atoms with E-state index in [4.69, 9.17) is 15.3 Å². The Kier molecular flexibility index (Phi) is 5.91. The number of nitrogens with zero attached hydrogens (tertiary/aromatic N) is 5. The molecule has 0 radical (unpaired) electrons. The van der Waals surface area contributed by atoms with Crippen LogP contribution in [0.1, 0.15) is 5.82 Å². The van der Waals surface area contributed by atoms with Crippen LogP contribution < -0.4 is 10.4 Å². The third kappa shape index (κ3) is 4.59. The highest BCUT2D eigenvalue weighted by Crippen LogP contribution is 2.46. The minimum Gasteiger partial charge on any atom is -0.382 e. The van der Waals surface area contributed by atoms with Crippen LogP contribution in [0.2, 0.25) is 0 Å². The number of anilines is 1. The van der Waals surface area contributed by atoms with Crippen molar-refractivity contribution < 1.29 is 27.5 Å². The number of carbonyl (C=O) groups is 1. The van der Waals surface area contributed by atoms with Gasteiger partial charge in [-0.05, 0) is 24.1 Å². The van der Waals surface area contributed by atoms with Gasteiger partial charge in [-0.1, -0.05) is 22.7 Å². The number of rotatable bonds is 5. The van der Waals surface area contributed by atoms with Gasteiger partial charge in [-0.15, -0.1) is 0 Å². The molecule has 1 aliphatic rings. The van der Waals surface area contributed by atoms with E-state index in [1.165, 1.54) is 12.4 Å². The van der Waals surface area contributed by atoms with Gasteiger partial charge >= 0.3 is 12.1 Å². The Morgan fingerprint density at radius 1 is 1.15 bits per heavy atom. The summed E-state index contributed by atoms with van der Waals surface area (Å²) in [4.78, 5) is 33.0. The lowest BCUT2D eigenvalue weighted by Gasteiger charge is -2.28. The molecular weight excluding hydrogens is 441 g/mol. The van der Waals surface area contributed by atoms with Crippen molar-refractivity contribution in [1.82, 2.24) is 19.6 Å². The molecule has 0 aliphatic carbocycles. The molecule has 12 heteroatoms. The van der Waals surface area contributed by atoms with Crippen molar-refractivity contribution in [3.63, 3.8) is 0 Å². The number of fused-ring (bicyclic) bond motifs is 3. The maximum atomic E-state index is 13.1. The Labute approximate surface area is 185 Å². The average molecular weight is 457 g/mol. The van der Waals surface area contributed by atoms with E-state index in [0.29, 0.717) is 16.7 Å². The molecule has 1 atom stereocenters. The van der Waals surface area contributed by atoms with E-state index in [0.717, 1.165) is 6.34 Å². The van der Waals surface area contributed by atoms with E-state index in [1.807, 2.05) is 0 Å². The molecule has 33 heavy (non-hydrogen) atoms. The number of carbonyl (C=O) groups excluding carboxylic acids is 1. The Morgan fingerprint density at radius 2 is 1.91 bits per heavy atom. The number of hydroxylamine groups is 2. The fourth-order valence-corrected chi connectivity index (χ4v) is 3.21. The quantitative estimate of drug-likeness (QED) is 0.356. The van der Waals surface area contributed by atoms with Crippen LogP contribution >= 0.6 is 0 Å². The van der Waals surface area contributed by atoms with Crippen molar-refractivity contribution in [2.45, 2.75) is 6.18 Å². The van der Waals surface area contributed by atoms with Crippen molar-refractivity contribution in [3.05, 3.63) is 48.5 Å². The number of quaternary nitrogens is 1. The number of para-hydroxylation sites is 1. The highest BCUT2D eigenvalue weighted by Gasteiger charge is 2.52. The normalized spacial score (nSPS) is 16.8. The summed E-state index contributed by atoms with van der Waals surface area (Å²) >= 11 is 0. The van der Waals surface area contributed by atoms with Crippen LogP contribution in [0, 0.1) is 11.8 Å². The first-order chi connectivity index (χ1) is 15.8. The Hall–Kier alpha value is -4.08. The molecular formula is C21H16F3N6O3+. The number of halogens is 3. The Bertz CT molecular complexity index is 1290. The van der Waals surface area contributed by atoms with Gasteiger partial charge in [0.25, 0.3) is 0 Å². The van der Waals surface area contributed by atoms with Crippen LogP contribution in [-0.2, 0) is 14.4 Å². The van der Waals surface area contributed by atoms with Gasteiger partial charge in [-0.3, -0.25) is 4.84 Å². The largest absolute Gasteiger partial charge is 0.497 e. The fourth-order valence-electron chi connectivity index (χ4n) is 3.21. The highest BCUT2D eigenvalue weighted by atomic mass is 19.4. The predicted octanol–water partition coefficient (Wildman–Crippen LogP) is 2.68. The number of nitrogens with two attached hydrogens (primary N) is 1. The molecule has 0 saturated heterocycles. The number of pyridine rings is 1. The first kappa shape index (κ1) is 22.1. The van der Waals surface area contributed by atoms with Crippen LogP contribution in [0.5, 0.6) is 0 Å². The summed E-state index contributed by atoms with van der Waals surface area (Å²) in [7, 11) is 0.